The number of anilines is 1. The average Bonchev–Trinajstić information content (AvgIpc) is 2.83. The number of nitrogens with zero attached hydrogens (tertiary/aromatic N) is 3. The third kappa shape index (κ3) is 2.19. The normalized spacial score (nSPS) is 14.4. The molecule has 1 aliphatic rings. The Labute approximate surface area is 130 Å². The Morgan fingerprint density at radius 2 is 2.09 bits per heavy atom. The molecule has 112 valence electrons. The largest absolute Gasteiger partial charge is 0.305 e. The Kier molecular flexibility index (Phi) is 3.50. The smallest absolute Gasteiger partial charge is 0.278 e. The Morgan fingerprint density at radius 3 is 2.82 bits per heavy atom. The maximum Gasteiger partial charge on any atom is 0.278 e. The maximum atomic E-state index is 12.1. The average molecular weight is 315 g/mol. The number of para-hydroxylation sites is 1. The number of thiophene rings is 1. The molecule has 1 aromatic carbocycles. The van der Waals surface area contributed by atoms with E-state index < -0.39 is 4.92 Å². The minimum atomic E-state index is -0.421. The second kappa shape index (κ2) is 5.34. The van der Waals surface area contributed by atoms with Crippen molar-refractivity contribution in [3.05, 3.63) is 56.5 Å². The lowest BCUT2D eigenvalue weighted by molar-refractivity contribution is -0.385. The molecule has 0 saturated heterocycles. The van der Waals surface area contributed by atoms with E-state index in [9.17, 15) is 14.9 Å². The molecule has 0 spiro atoms. The molecule has 0 fully saturated rings. The number of carbonyl (C=O) groups excluding carboxylic acids is 1. The quantitative estimate of drug-likeness (QED) is 0.631. The summed E-state index contributed by atoms with van der Waals surface area (Å²) in [6.07, 6.45) is 0. The zero-order valence-corrected chi connectivity index (χ0v) is 12.9. The topological polar surface area (TPSA) is 75.8 Å². The number of rotatable bonds is 2. The molecular weight excluding hydrogens is 302 g/mol. The summed E-state index contributed by atoms with van der Waals surface area (Å²) >= 11 is 1.44. The van der Waals surface area contributed by atoms with Crippen LogP contribution in [-0.4, -0.2) is 30.1 Å². The van der Waals surface area contributed by atoms with E-state index in [0.717, 1.165) is 16.1 Å². The first-order valence-electron chi connectivity index (χ1n) is 6.64. The maximum absolute atomic E-state index is 12.1. The second-order valence-corrected chi connectivity index (χ2v) is 5.85. The van der Waals surface area contributed by atoms with Crippen LogP contribution in [0.3, 0.4) is 0 Å². The van der Waals surface area contributed by atoms with Crippen molar-refractivity contribution in [1.29, 1.82) is 0 Å². The van der Waals surface area contributed by atoms with Crippen LogP contribution in [0.2, 0.25) is 0 Å². The van der Waals surface area contributed by atoms with Gasteiger partial charge in [0.2, 0.25) is 5.91 Å². The predicted octanol–water partition coefficient (Wildman–Crippen LogP) is 2.78. The fourth-order valence-electron chi connectivity index (χ4n) is 2.46. The van der Waals surface area contributed by atoms with Gasteiger partial charge in [-0.15, -0.1) is 11.3 Å². The zero-order chi connectivity index (χ0) is 15.9. The van der Waals surface area contributed by atoms with E-state index in [2.05, 4.69) is 4.99 Å². The van der Waals surface area contributed by atoms with Crippen LogP contribution in [0, 0.1) is 17.0 Å². The van der Waals surface area contributed by atoms with E-state index in [1.165, 1.54) is 17.4 Å². The van der Waals surface area contributed by atoms with Crippen LogP contribution < -0.4 is 4.90 Å². The monoisotopic (exact) mass is 315 g/mol. The molecule has 0 atom stereocenters. The fourth-order valence-corrected chi connectivity index (χ4v) is 3.51. The summed E-state index contributed by atoms with van der Waals surface area (Å²) in [4.78, 5) is 28.9. The number of amides is 1. The van der Waals surface area contributed by atoms with Crippen LogP contribution >= 0.6 is 11.3 Å². The van der Waals surface area contributed by atoms with E-state index in [-0.39, 0.29) is 18.1 Å². The summed E-state index contributed by atoms with van der Waals surface area (Å²) in [5, 5.41) is 14.0. The summed E-state index contributed by atoms with van der Waals surface area (Å²) in [5.41, 5.74) is 2.71. The molecular formula is C15H13N3O3S. The van der Waals surface area contributed by atoms with Crippen molar-refractivity contribution in [2.75, 3.05) is 18.5 Å². The molecule has 7 heteroatoms. The van der Waals surface area contributed by atoms with Crippen LogP contribution in [-0.2, 0) is 4.79 Å². The van der Waals surface area contributed by atoms with Crippen molar-refractivity contribution in [2.45, 2.75) is 6.92 Å². The molecule has 2 aromatic rings. The summed E-state index contributed by atoms with van der Waals surface area (Å²) in [6.45, 7) is 1.90. The summed E-state index contributed by atoms with van der Waals surface area (Å²) in [6, 6.07) is 6.49. The zero-order valence-electron chi connectivity index (χ0n) is 12.1. The van der Waals surface area contributed by atoms with Gasteiger partial charge in [-0.25, -0.2) is 0 Å². The van der Waals surface area contributed by atoms with Crippen molar-refractivity contribution < 1.29 is 9.72 Å². The number of hydrogen-bond donors (Lipinski definition) is 0. The molecule has 1 aliphatic heterocycles. The highest BCUT2D eigenvalue weighted by Gasteiger charge is 2.28. The van der Waals surface area contributed by atoms with E-state index in [0.29, 0.717) is 11.3 Å². The molecule has 0 aliphatic carbocycles. The highest BCUT2D eigenvalue weighted by atomic mass is 32.1. The second-order valence-electron chi connectivity index (χ2n) is 4.99. The van der Waals surface area contributed by atoms with Crippen molar-refractivity contribution in [1.82, 2.24) is 0 Å². The van der Waals surface area contributed by atoms with E-state index in [1.807, 2.05) is 12.3 Å². The van der Waals surface area contributed by atoms with Gasteiger partial charge in [0.25, 0.3) is 5.69 Å². The van der Waals surface area contributed by atoms with Crippen LogP contribution in [0.15, 0.2) is 34.6 Å². The van der Waals surface area contributed by atoms with Crippen LogP contribution in [0.4, 0.5) is 10.7 Å². The third-order valence-electron chi connectivity index (χ3n) is 3.60. The summed E-state index contributed by atoms with van der Waals surface area (Å²) in [7, 11) is 1.70. The van der Waals surface area contributed by atoms with Crippen LogP contribution in [0.1, 0.15) is 16.7 Å². The van der Waals surface area contributed by atoms with Gasteiger partial charge in [0, 0.05) is 18.7 Å². The van der Waals surface area contributed by atoms with Gasteiger partial charge in [0.1, 0.15) is 11.5 Å². The number of nitro benzene ring substituents is 1. The Bertz CT molecular complexity index is 810. The first-order chi connectivity index (χ1) is 10.5. The number of hydrogen-bond acceptors (Lipinski definition) is 5. The predicted molar refractivity (Wildman–Crippen MR) is 86.1 cm³/mol. The number of benzene rings is 1. The van der Waals surface area contributed by atoms with Gasteiger partial charge in [-0.3, -0.25) is 19.9 Å². The van der Waals surface area contributed by atoms with Gasteiger partial charge >= 0.3 is 0 Å². The van der Waals surface area contributed by atoms with Crippen molar-refractivity contribution >= 4 is 33.6 Å². The highest BCUT2D eigenvalue weighted by molar-refractivity contribution is 7.15. The number of nitro groups is 1. The van der Waals surface area contributed by atoms with E-state index in [4.69, 9.17) is 0 Å². The number of aryl methyl sites for hydroxylation is 1. The van der Waals surface area contributed by atoms with Crippen LogP contribution in [0.5, 0.6) is 0 Å². The van der Waals surface area contributed by atoms with E-state index in [1.54, 1.807) is 30.1 Å². The Morgan fingerprint density at radius 1 is 1.36 bits per heavy atom. The fraction of sp³-hybridized carbons (Fsp3) is 0.200. The molecule has 6 nitrogen and oxygen atoms in total. The molecule has 3 rings (SSSR count). The standard InChI is InChI=1S/C15H13N3O3S/c1-9-8-22-15-13(9)14(16-7-12(19)17(15)2)10-5-3-4-6-11(10)18(20)21/h3-6,8H,7H2,1-2H3. The summed E-state index contributed by atoms with van der Waals surface area (Å²) < 4.78 is 0. The molecule has 22 heavy (non-hydrogen) atoms. The van der Waals surface area contributed by atoms with Crippen molar-refractivity contribution in [3.8, 4) is 0 Å². The third-order valence-corrected chi connectivity index (χ3v) is 4.77. The minimum absolute atomic E-state index is 0.00481. The molecule has 0 bridgehead atoms. The lowest BCUT2D eigenvalue weighted by Crippen LogP contribution is -2.26. The van der Waals surface area contributed by atoms with Gasteiger partial charge in [-0.05, 0) is 23.9 Å². The lowest BCUT2D eigenvalue weighted by Gasteiger charge is -2.14. The number of aliphatic imine (C=N–C) groups is 1. The molecule has 0 N–H and O–H groups in total. The molecule has 0 radical (unpaired) electrons. The number of fused-ring (bicyclic) bond motifs is 1. The molecule has 1 aromatic heterocycles. The van der Waals surface area contributed by atoms with Crippen molar-refractivity contribution in [3.63, 3.8) is 0 Å². The Hall–Kier alpha value is -2.54. The number of likely N-dealkylation sites (N-methyl/N-ethyl adjacent to an activating group) is 1. The van der Waals surface area contributed by atoms with Gasteiger partial charge in [-0.2, -0.15) is 0 Å². The first-order valence-corrected chi connectivity index (χ1v) is 7.52. The number of carbonyl (C=O) groups is 1. The molecule has 2 heterocycles. The van der Waals surface area contributed by atoms with Crippen molar-refractivity contribution in [2.24, 2.45) is 4.99 Å². The van der Waals surface area contributed by atoms with E-state index >= 15 is 0 Å². The first kappa shape index (κ1) is 14.4. The highest BCUT2D eigenvalue weighted by Crippen LogP contribution is 2.36. The molecule has 0 saturated carbocycles. The summed E-state index contributed by atoms with van der Waals surface area (Å²) in [5.74, 6) is -0.128. The van der Waals surface area contributed by atoms with Gasteiger partial charge < -0.3 is 4.90 Å². The van der Waals surface area contributed by atoms with Gasteiger partial charge in [0.15, 0.2) is 0 Å². The Balaban J connectivity index is 2.27. The SMILES string of the molecule is Cc1csc2c1C(c1ccccc1[N+](=O)[O-])=NCC(=O)N2C. The minimum Gasteiger partial charge on any atom is -0.305 e. The lowest BCUT2D eigenvalue weighted by atomic mass is 9.99. The van der Waals surface area contributed by atoms with Gasteiger partial charge in [0.05, 0.1) is 16.2 Å². The molecule has 1 amide bonds. The molecule has 0 unspecified atom stereocenters. The van der Waals surface area contributed by atoms with Gasteiger partial charge in [-0.1, -0.05) is 12.1 Å². The van der Waals surface area contributed by atoms with Crippen LogP contribution in [0.25, 0.3) is 0 Å².